The van der Waals surface area contributed by atoms with Crippen molar-refractivity contribution in [3.63, 3.8) is 0 Å². The van der Waals surface area contributed by atoms with E-state index in [1.807, 2.05) is 0 Å². The molecule has 1 aliphatic heterocycles. The van der Waals surface area contributed by atoms with E-state index >= 15 is 0 Å². The molecular weight excluding hydrogens is 387 g/mol. The van der Waals surface area contributed by atoms with Crippen LogP contribution in [0.4, 0.5) is 27.6 Å². The van der Waals surface area contributed by atoms with Crippen molar-refractivity contribution in [1.82, 2.24) is 5.06 Å². The summed E-state index contributed by atoms with van der Waals surface area (Å²) in [5.74, 6) is -7.05. The fraction of sp³-hybridized carbons (Fsp3) is 0.222. The van der Waals surface area contributed by atoms with Gasteiger partial charge in [0.25, 0.3) is 5.91 Å². The van der Waals surface area contributed by atoms with Crippen LogP contribution >= 0.6 is 0 Å². The van der Waals surface area contributed by atoms with Gasteiger partial charge in [0.1, 0.15) is 5.92 Å². The molecule has 0 unspecified atom stereocenters. The minimum atomic E-state index is -4.56. The number of carbonyl (C=O) groups is 2. The largest absolute Gasteiger partial charge is 0.416 e. The SMILES string of the molecule is O=C(Nc1cccc(F)c1F)[C@H]1C(=O)N(O)C[C@@H]1c1ccc(C(F)(F)F)cc1. The van der Waals surface area contributed by atoms with Gasteiger partial charge < -0.3 is 5.32 Å². The van der Waals surface area contributed by atoms with E-state index in [-0.39, 0.29) is 17.2 Å². The van der Waals surface area contributed by atoms with Crippen molar-refractivity contribution in [3.05, 3.63) is 65.2 Å². The van der Waals surface area contributed by atoms with Crippen LogP contribution in [0.3, 0.4) is 0 Å². The molecule has 2 N–H and O–H groups in total. The number of nitrogens with zero attached hydrogens (tertiary/aromatic N) is 1. The lowest BCUT2D eigenvalue weighted by atomic mass is 9.87. The van der Waals surface area contributed by atoms with Crippen LogP contribution in [0.5, 0.6) is 0 Å². The Morgan fingerprint density at radius 1 is 1.11 bits per heavy atom. The van der Waals surface area contributed by atoms with Gasteiger partial charge in [-0.25, -0.2) is 13.8 Å². The predicted octanol–water partition coefficient (Wildman–Crippen LogP) is 3.55. The lowest BCUT2D eigenvalue weighted by molar-refractivity contribution is -0.160. The van der Waals surface area contributed by atoms with Gasteiger partial charge in [-0.3, -0.25) is 14.8 Å². The molecule has 0 bridgehead atoms. The number of alkyl halides is 3. The van der Waals surface area contributed by atoms with Crippen molar-refractivity contribution in [2.75, 3.05) is 11.9 Å². The van der Waals surface area contributed by atoms with Crippen molar-refractivity contribution < 1.29 is 36.7 Å². The Kier molecular flexibility index (Phi) is 5.07. The number of rotatable bonds is 3. The maximum absolute atomic E-state index is 13.8. The van der Waals surface area contributed by atoms with Gasteiger partial charge in [0.2, 0.25) is 5.91 Å². The summed E-state index contributed by atoms with van der Waals surface area (Å²) in [6.45, 7) is -0.339. The number of benzene rings is 2. The standard InChI is InChI=1S/C18H13F5N2O3/c19-12-2-1-3-13(15(12)20)24-16(26)14-11(8-25(28)17(14)27)9-4-6-10(7-5-9)18(21,22)23/h1-7,11,14,28H,8H2,(H,24,26)/t11-,14+/m1/s1. The molecule has 2 amide bonds. The minimum Gasteiger partial charge on any atom is -0.323 e. The van der Waals surface area contributed by atoms with E-state index in [9.17, 15) is 36.7 Å². The van der Waals surface area contributed by atoms with Gasteiger partial charge in [0.05, 0.1) is 17.8 Å². The van der Waals surface area contributed by atoms with Crippen LogP contribution in [-0.2, 0) is 15.8 Å². The normalized spacial score (nSPS) is 19.8. The number of carbonyl (C=O) groups excluding carboxylic acids is 2. The Balaban J connectivity index is 1.88. The molecule has 0 saturated carbocycles. The first-order valence-electron chi connectivity index (χ1n) is 8.02. The fourth-order valence-electron chi connectivity index (χ4n) is 3.04. The third kappa shape index (κ3) is 3.68. The van der Waals surface area contributed by atoms with E-state index in [0.717, 1.165) is 42.5 Å². The average Bonchev–Trinajstić information content (AvgIpc) is 2.93. The van der Waals surface area contributed by atoms with Gasteiger partial charge in [0.15, 0.2) is 11.6 Å². The van der Waals surface area contributed by atoms with Crippen molar-refractivity contribution in [2.24, 2.45) is 5.92 Å². The maximum Gasteiger partial charge on any atom is 0.416 e. The summed E-state index contributed by atoms with van der Waals surface area (Å²) < 4.78 is 65.2. The van der Waals surface area contributed by atoms with Crippen LogP contribution in [0.2, 0.25) is 0 Å². The summed E-state index contributed by atoms with van der Waals surface area (Å²) in [4.78, 5) is 24.7. The van der Waals surface area contributed by atoms with Gasteiger partial charge in [-0.1, -0.05) is 18.2 Å². The Labute approximate surface area is 155 Å². The Morgan fingerprint density at radius 3 is 2.36 bits per heavy atom. The van der Waals surface area contributed by atoms with Crippen molar-refractivity contribution in [3.8, 4) is 0 Å². The molecule has 0 aromatic heterocycles. The minimum absolute atomic E-state index is 0.206. The third-order valence-corrected chi connectivity index (χ3v) is 4.45. The zero-order valence-electron chi connectivity index (χ0n) is 14.0. The van der Waals surface area contributed by atoms with Gasteiger partial charge in [-0.15, -0.1) is 0 Å². The van der Waals surface area contributed by atoms with E-state index in [0.29, 0.717) is 0 Å². The Hall–Kier alpha value is -3.01. The number of hydroxylamine groups is 2. The molecule has 0 radical (unpaired) electrons. The second kappa shape index (κ2) is 7.19. The molecule has 3 rings (SSSR count). The fourth-order valence-corrected chi connectivity index (χ4v) is 3.04. The number of hydrogen-bond acceptors (Lipinski definition) is 3. The van der Waals surface area contributed by atoms with Crippen molar-refractivity contribution in [1.29, 1.82) is 0 Å². The molecule has 1 heterocycles. The Morgan fingerprint density at radius 2 is 1.75 bits per heavy atom. The second-order valence-corrected chi connectivity index (χ2v) is 6.21. The summed E-state index contributed by atoms with van der Waals surface area (Å²) in [7, 11) is 0. The summed E-state index contributed by atoms with van der Waals surface area (Å²) in [6.07, 6.45) is -4.56. The molecule has 0 aliphatic carbocycles. The highest BCUT2D eigenvalue weighted by molar-refractivity contribution is 6.08. The van der Waals surface area contributed by atoms with Crippen LogP contribution in [0.25, 0.3) is 0 Å². The number of amides is 2. The molecule has 148 valence electrons. The van der Waals surface area contributed by atoms with E-state index in [1.54, 1.807) is 0 Å². The van der Waals surface area contributed by atoms with Crippen LogP contribution in [0.15, 0.2) is 42.5 Å². The van der Waals surface area contributed by atoms with Crippen molar-refractivity contribution in [2.45, 2.75) is 12.1 Å². The van der Waals surface area contributed by atoms with Crippen molar-refractivity contribution >= 4 is 17.5 Å². The zero-order valence-corrected chi connectivity index (χ0v) is 14.0. The maximum atomic E-state index is 13.8. The molecule has 1 aliphatic rings. The van der Waals surface area contributed by atoms with Gasteiger partial charge in [0, 0.05) is 5.92 Å². The first-order valence-corrected chi connectivity index (χ1v) is 8.02. The zero-order chi connectivity index (χ0) is 20.6. The molecule has 2 aromatic carbocycles. The second-order valence-electron chi connectivity index (χ2n) is 6.21. The molecule has 28 heavy (non-hydrogen) atoms. The van der Waals surface area contributed by atoms with Gasteiger partial charge >= 0.3 is 6.18 Å². The lowest BCUT2D eigenvalue weighted by Gasteiger charge is -2.17. The van der Waals surface area contributed by atoms with E-state index in [1.165, 1.54) is 0 Å². The highest BCUT2D eigenvalue weighted by atomic mass is 19.4. The third-order valence-electron chi connectivity index (χ3n) is 4.45. The van der Waals surface area contributed by atoms with Gasteiger partial charge in [-0.2, -0.15) is 13.2 Å². The predicted molar refractivity (Wildman–Crippen MR) is 86.2 cm³/mol. The van der Waals surface area contributed by atoms with Gasteiger partial charge in [-0.05, 0) is 29.8 Å². The smallest absolute Gasteiger partial charge is 0.323 e. The summed E-state index contributed by atoms with van der Waals surface area (Å²) in [5, 5.41) is 12.0. The number of halogens is 5. The monoisotopic (exact) mass is 400 g/mol. The topological polar surface area (TPSA) is 69.6 Å². The highest BCUT2D eigenvalue weighted by Gasteiger charge is 2.46. The first-order chi connectivity index (χ1) is 13.1. The molecule has 1 fully saturated rings. The molecular formula is C18H13F5N2O3. The Bertz CT molecular complexity index is 914. The molecule has 5 nitrogen and oxygen atoms in total. The summed E-state index contributed by atoms with van der Waals surface area (Å²) in [6, 6.07) is 6.86. The first kappa shape index (κ1) is 19.7. The summed E-state index contributed by atoms with van der Waals surface area (Å²) in [5.41, 5.74) is -1.21. The van der Waals surface area contributed by atoms with Crippen LogP contribution < -0.4 is 5.32 Å². The van der Waals surface area contributed by atoms with E-state index in [2.05, 4.69) is 5.32 Å². The molecule has 2 atom stereocenters. The number of nitrogens with one attached hydrogen (secondary N) is 1. The molecule has 0 spiro atoms. The molecule has 2 aromatic rings. The van der Waals surface area contributed by atoms with E-state index in [4.69, 9.17) is 0 Å². The highest BCUT2D eigenvalue weighted by Crippen LogP contribution is 2.36. The van der Waals surface area contributed by atoms with E-state index < -0.39 is 52.7 Å². The quantitative estimate of drug-likeness (QED) is 0.470. The molecule has 1 saturated heterocycles. The average molecular weight is 400 g/mol. The van der Waals surface area contributed by atoms with Crippen LogP contribution in [0, 0.1) is 17.6 Å². The van der Waals surface area contributed by atoms with Crippen LogP contribution in [-0.4, -0.2) is 28.6 Å². The molecule has 10 heteroatoms. The number of anilines is 1. The summed E-state index contributed by atoms with van der Waals surface area (Å²) >= 11 is 0. The number of hydrogen-bond donors (Lipinski definition) is 2. The van der Waals surface area contributed by atoms with Crippen LogP contribution in [0.1, 0.15) is 17.0 Å². The lowest BCUT2D eigenvalue weighted by Crippen LogP contribution is -2.33.